The lowest BCUT2D eigenvalue weighted by Crippen LogP contribution is -2.15. The molecule has 48 heavy (non-hydrogen) atoms. The molecular formula is C43H31N5. The second-order valence-corrected chi connectivity index (χ2v) is 12.8. The average Bonchev–Trinajstić information content (AvgIpc) is 3.68. The molecule has 9 rings (SSSR count). The van der Waals surface area contributed by atoms with Gasteiger partial charge in [-0.2, -0.15) is 5.10 Å². The van der Waals surface area contributed by atoms with Crippen molar-refractivity contribution in [2.45, 2.75) is 19.3 Å². The Hall–Kier alpha value is -6.20. The van der Waals surface area contributed by atoms with Crippen LogP contribution in [0.3, 0.4) is 0 Å². The topological polar surface area (TPSA) is 56.5 Å². The van der Waals surface area contributed by atoms with E-state index in [1.807, 2.05) is 71.7 Å². The van der Waals surface area contributed by atoms with Gasteiger partial charge in [-0.1, -0.05) is 129 Å². The quantitative estimate of drug-likeness (QED) is 0.193. The van der Waals surface area contributed by atoms with Gasteiger partial charge in [-0.3, -0.25) is 0 Å². The predicted molar refractivity (Wildman–Crippen MR) is 194 cm³/mol. The van der Waals surface area contributed by atoms with Gasteiger partial charge in [0.2, 0.25) is 0 Å². The fourth-order valence-corrected chi connectivity index (χ4v) is 7.14. The van der Waals surface area contributed by atoms with Crippen LogP contribution in [0.2, 0.25) is 0 Å². The zero-order chi connectivity index (χ0) is 32.2. The Balaban J connectivity index is 1.09. The lowest BCUT2D eigenvalue weighted by Gasteiger charge is -2.22. The Bertz CT molecular complexity index is 2390. The third-order valence-corrected chi connectivity index (χ3v) is 9.55. The van der Waals surface area contributed by atoms with Crippen LogP contribution in [-0.4, -0.2) is 24.7 Å². The molecule has 0 N–H and O–H groups in total. The lowest BCUT2D eigenvalue weighted by atomic mass is 9.81. The minimum atomic E-state index is -0.182. The van der Waals surface area contributed by atoms with E-state index in [-0.39, 0.29) is 5.41 Å². The summed E-state index contributed by atoms with van der Waals surface area (Å²) in [6.45, 7) is 4.61. The van der Waals surface area contributed by atoms with Crippen molar-refractivity contribution in [2.24, 2.45) is 0 Å². The van der Waals surface area contributed by atoms with Gasteiger partial charge in [0.05, 0.1) is 23.3 Å². The summed E-state index contributed by atoms with van der Waals surface area (Å²) < 4.78 is 1.94. The molecule has 0 unspecified atom stereocenters. The van der Waals surface area contributed by atoms with E-state index >= 15 is 0 Å². The highest BCUT2D eigenvalue weighted by Crippen LogP contribution is 2.51. The van der Waals surface area contributed by atoms with Crippen molar-refractivity contribution >= 4 is 11.0 Å². The molecule has 1 aliphatic rings. The SMILES string of the molecule is CC1(C)c2ccc(-c3ccc(-c4cc(-c5ccccc5)nc(-c5ccccc5)n4)cc3)cc2-c2cnc3c(cnn3-c3ccccc3)c21. The Morgan fingerprint density at radius 3 is 1.79 bits per heavy atom. The molecule has 228 valence electrons. The largest absolute Gasteiger partial charge is 0.236 e. The molecule has 0 fully saturated rings. The van der Waals surface area contributed by atoms with E-state index in [0.29, 0.717) is 5.82 Å². The van der Waals surface area contributed by atoms with E-state index in [1.54, 1.807) is 0 Å². The summed E-state index contributed by atoms with van der Waals surface area (Å²) in [5, 5.41) is 5.86. The molecule has 0 spiro atoms. The minimum Gasteiger partial charge on any atom is -0.236 e. The van der Waals surface area contributed by atoms with Crippen LogP contribution in [0.15, 0.2) is 152 Å². The first-order chi connectivity index (χ1) is 23.5. The number of pyridine rings is 1. The molecule has 0 saturated heterocycles. The van der Waals surface area contributed by atoms with Crippen LogP contribution in [-0.2, 0) is 5.41 Å². The van der Waals surface area contributed by atoms with Crippen molar-refractivity contribution in [2.75, 3.05) is 0 Å². The van der Waals surface area contributed by atoms with Crippen molar-refractivity contribution in [1.82, 2.24) is 24.7 Å². The summed E-state index contributed by atoms with van der Waals surface area (Å²) in [7, 11) is 0. The van der Waals surface area contributed by atoms with Gasteiger partial charge in [0.15, 0.2) is 11.5 Å². The molecule has 0 radical (unpaired) electrons. The van der Waals surface area contributed by atoms with Crippen LogP contribution in [0.4, 0.5) is 0 Å². The number of fused-ring (bicyclic) bond motifs is 5. The third kappa shape index (κ3) is 4.55. The monoisotopic (exact) mass is 617 g/mol. The van der Waals surface area contributed by atoms with Gasteiger partial charge in [-0.25, -0.2) is 19.6 Å². The first-order valence-electron chi connectivity index (χ1n) is 16.2. The maximum absolute atomic E-state index is 5.01. The Labute approximate surface area is 279 Å². The Morgan fingerprint density at radius 1 is 0.521 bits per heavy atom. The highest BCUT2D eigenvalue weighted by molar-refractivity contribution is 5.95. The summed E-state index contributed by atoms with van der Waals surface area (Å²) in [5.41, 5.74) is 13.9. The van der Waals surface area contributed by atoms with E-state index in [1.165, 1.54) is 27.8 Å². The molecule has 5 nitrogen and oxygen atoms in total. The average molecular weight is 618 g/mol. The van der Waals surface area contributed by atoms with Gasteiger partial charge in [0, 0.05) is 39.3 Å². The summed E-state index contributed by atoms with van der Waals surface area (Å²) in [6, 6.07) is 48.3. The van der Waals surface area contributed by atoms with E-state index in [2.05, 4.69) is 98.8 Å². The molecule has 3 heterocycles. The van der Waals surface area contributed by atoms with E-state index in [9.17, 15) is 0 Å². The normalized spacial score (nSPS) is 13.0. The number of benzene rings is 5. The van der Waals surface area contributed by atoms with Crippen molar-refractivity contribution < 1.29 is 0 Å². The highest BCUT2D eigenvalue weighted by Gasteiger charge is 2.38. The maximum Gasteiger partial charge on any atom is 0.163 e. The van der Waals surface area contributed by atoms with Gasteiger partial charge in [0.25, 0.3) is 0 Å². The Kier molecular flexibility index (Phi) is 6.40. The molecule has 0 atom stereocenters. The fraction of sp³-hybridized carbons (Fsp3) is 0.0698. The molecule has 1 aliphatic carbocycles. The van der Waals surface area contributed by atoms with Crippen molar-refractivity contribution in [1.29, 1.82) is 0 Å². The van der Waals surface area contributed by atoms with Crippen molar-refractivity contribution in [3.63, 3.8) is 0 Å². The van der Waals surface area contributed by atoms with Gasteiger partial charge in [-0.15, -0.1) is 0 Å². The fourth-order valence-electron chi connectivity index (χ4n) is 7.14. The maximum atomic E-state index is 5.01. The molecular weight excluding hydrogens is 587 g/mol. The van der Waals surface area contributed by atoms with Crippen LogP contribution in [0.5, 0.6) is 0 Å². The molecule has 0 saturated carbocycles. The lowest BCUT2D eigenvalue weighted by molar-refractivity contribution is 0.666. The molecule has 0 aliphatic heterocycles. The number of nitrogens with zero attached hydrogens (tertiary/aromatic N) is 5. The zero-order valence-corrected chi connectivity index (χ0v) is 26.7. The summed E-state index contributed by atoms with van der Waals surface area (Å²) in [5.74, 6) is 0.716. The standard InChI is InChI=1S/C43H31N5/c1-43(2)37-23-22-32(24-34(37)35-26-44-42-36(40(35)43)27-45-48(42)33-16-10-5-11-17-33)28-18-20-30(21-19-28)39-25-38(29-12-6-3-7-13-29)46-41(47-39)31-14-8-4-9-15-31/h3-27H,1-2H3. The van der Waals surface area contributed by atoms with Crippen molar-refractivity contribution in [3.8, 4) is 61.8 Å². The number of hydrogen-bond acceptors (Lipinski definition) is 4. The molecule has 5 aromatic carbocycles. The van der Waals surface area contributed by atoms with Crippen LogP contribution >= 0.6 is 0 Å². The van der Waals surface area contributed by atoms with Gasteiger partial charge in [-0.05, 0) is 52.1 Å². The summed E-state index contributed by atoms with van der Waals surface area (Å²) in [4.78, 5) is 14.9. The Morgan fingerprint density at radius 2 is 1.10 bits per heavy atom. The van der Waals surface area contributed by atoms with Crippen LogP contribution in [0.25, 0.3) is 72.9 Å². The second kappa shape index (κ2) is 11.0. The van der Waals surface area contributed by atoms with Crippen LogP contribution in [0, 0.1) is 0 Å². The highest BCUT2D eigenvalue weighted by atomic mass is 15.3. The number of para-hydroxylation sites is 1. The second-order valence-electron chi connectivity index (χ2n) is 12.8. The number of rotatable bonds is 5. The molecule has 5 heteroatoms. The first kappa shape index (κ1) is 28.1. The van der Waals surface area contributed by atoms with E-state index in [4.69, 9.17) is 20.1 Å². The number of hydrogen-bond donors (Lipinski definition) is 0. The van der Waals surface area contributed by atoms with E-state index in [0.717, 1.165) is 50.4 Å². The molecule has 3 aromatic heterocycles. The van der Waals surface area contributed by atoms with Crippen molar-refractivity contribution in [3.05, 3.63) is 163 Å². The predicted octanol–water partition coefficient (Wildman–Crippen LogP) is 10.2. The summed E-state index contributed by atoms with van der Waals surface area (Å²) in [6.07, 6.45) is 4.00. The summed E-state index contributed by atoms with van der Waals surface area (Å²) >= 11 is 0. The first-order valence-corrected chi connectivity index (χ1v) is 16.2. The molecule has 0 amide bonds. The van der Waals surface area contributed by atoms with Crippen LogP contribution in [0.1, 0.15) is 25.0 Å². The smallest absolute Gasteiger partial charge is 0.163 e. The zero-order valence-electron chi connectivity index (χ0n) is 26.7. The van der Waals surface area contributed by atoms with Gasteiger partial charge < -0.3 is 0 Å². The van der Waals surface area contributed by atoms with Gasteiger partial charge in [0.1, 0.15) is 0 Å². The van der Waals surface area contributed by atoms with E-state index < -0.39 is 0 Å². The molecule has 8 aromatic rings. The minimum absolute atomic E-state index is 0.182. The molecule has 0 bridgehead atoms. The van der Waals surface area contributed by atoms with Gasteiger partial charge >= 0.3 is 0 Å². The van der Waals surface area contributed by atoms with Crippen LogP contribution < -0.4 is 0 Å². The number of aromatic nitrogens is 5. The third-order valence-electron chi connectivity index (χ3n) is 9.55.